The van der Waals surface area contributed by atoms with Crippen LogP contribution in [0.3, 0.4) is 0 Å². The average Bonchev–Trinajstić information content (AvgIpc) is 2.96. The number of unbranched alkanes of at least 4 members (excludes halogenated alkanes) is 22. The van der Waals surface area contributed by atoms with Crippen LogP contribution in [0.4, 0.5) is 0 Å². The smallest absolute Gasteiger partial charge is 0.320 e. The van der Waals surface area contributed by atoms with Gasteiger partial charge in [-0.05, 0) is 64.2 Å². The molecule has 0 aliphatic heterocycles. The third-order valence-corrected chi connectivity index (χ3v) is 8.55. The van der Waals surface area contributed by atoms with E-state index in [2.05, 4.69) is 38.2 Å². The number of carbonyl (C=O) groups is 2. The van der Waals surface area contributed by atoms with Gasteiger partial charge in [0.05, 0.1) is 26.9 Å². The molecule has 0 rings (SSSR count). The highest BCUT2D eigenvalue weighted by molar-refractivity contribution is 5.84. The van der Waals surface area contributed by atoms with Crippen LogP contribution < -0.4 is 0 Å². The van der Waals surface area contributed by atoms with Crippen LogP contribution in [-0.2, 0) is 9.59 Å². The SMILES string of the molecule is CCCCCCCCC=CCCCCCCCC(=O)[N+](C)(C)C(=O)CCCCCCCC=CCCCCCCCC.[OH-]. The zero-order chi connectivity index (χ0) is 30.3. The minimum atomic E-state index is -0.0766. The summed E-state index contributed by atoms with van der Waals surface area (Å²) in [6, 6.07) is 0. The topological polar surface area (TPSA) is 64.1 Å². The van der Waals surface area contributed by atoms with Gasteiger partial charge in [0.1, 0.15) is 0 Å². The fourth-order valence-electron chi connectivity index (χ4n) is 5.39. The summed E-state index contributed by atoms with van der Waals surface area (Å²) in [5, 5.41) is 0. The van der Waals surface area contributed by atoms with Crippen molar-refractivity contribution >= 4 is 11.8 Å². The first kappa shape index (κ1) is 42.9. The minimum absolute atomic E-state index is 0. The van der Waals surface area contributed by atoms with Crippen LogP contribution in [0, 0.1) is 0 Å². The van der Waals surface area contributed by atoms with E-state index in [9.17, 15) is 9.59 Å². The Labute approximate surface area is 263 Å². The van der Waals surface area contributed by atoms with E-state index in [1.807, 2.05) is 0 Å². The van der Waals surface area contributed by atoms with Crippen molar-refractivity contribution in [3.8, 4) is 0 Å². The lowest BCUT2D eigenvalue weighted by molar-refractivity contribution is -0.736. The van der Waals surface area contributed by atoms with E-state index >= 15 is 0 Å². The Morgan fingerprint density at radius 2 is 0.643 bits per heavy atom. The Kier molecular flexibility index (Phi) is 33.3. The number of hydrogen-bond donors (Lipinski definition) is 0. The van der Waals surface area contributed by atoms with Crippen molar-refractivity contribution in [2.24, 2.45) is 0 Å². The number of rotatable bonds is 30. The van der Waals surface area contributed by atoms with Crippen LogP contribution in [-0.4, -0.2) is 35.9 Å². The molecule has 0 aromatic heterocycles. The van der Waals surface area contributed by atoms with E-state index < -0.39 is 0 Å². The molecule has 0 aliphatic carbocycles. The fraction of sp³-hybridized carbons (Fsp3) is 0.842. The maximum absolute atomic E-state index is 12.7. The zero-order valence-corrected chi connectivity index (χ0v) is 28.8. The van der Waals surface area contributed by atoms with Gasteiger partial charge in [0.2, 0.25) is 0 Å². The Balaban J connectivity index is 0. The molecule has 0 fully saturated rings. The van der Waals surface area contributed by atoms with Gasteiger partial charge in [0, 0.05) is 0 Å². The number of imide groups is 1. The fourth-order valence-corrected chi connectivity index (χ4v) is 5.39. The van der Waals surface area contributed by atoms with Gasteiger partial charge in [-0.3, -0.25) is 0 Å². The van der Waals surface area contributed by atoms with E-state index in [0.29, 0.717) is 12.8 Å². The highest BCUT2D eigenvalue weighted by Gasteiger charge is 2.33. The molecule has 4 heteroatoms. The normalized spacial score (nSPS) is 11.9. The molecule has 0 saturated carbocycles. The molecule has 42 heavy (non-hydrogen) atoms. The van der Waals surface area contributed by atoms with Crippen LogP contribution in [0.25, 0.3) is 0 Å². The molecule has 0 atom stereocenters. The average molecular weight is 592 g/mol. The van der Waals surface area contributed by atoms with Crippen molar-refractivity contribution in [2.45, 2.75) is 194 Å². The summed E-state index contributed by atoms with van der Waals surface area (Å²) in [7, 11) is 3.58. The quantitative estimate of drug-likeness (QED) is 0.0474. The molecule has 248 valence electrons. The zero-order valence-electron chi connectivity index (χ0n) is 28.8. The van der Waals surface area contributed by atoms with E-state index in [1.54, 1.807) is 14.1 Å². The van der Waals surface area contributed by atoms with Crippen LogP contribution in [0.2, 0.25) is 0 Å². The first-order valence-electron chi connectivity index (χ1n) is 18.2. The molecule has 0 spiro atoms. The number of allylic oxidation sites excluding steroid dienone is 4. The molecular formula is C38H73NO3. The van der Waals surface area contributed by atoms with Gasteiger partial charge in [-0.2, -0.15) is 0 Å². The maximum atomic E-state index is 12.7. The van der Waals surface area contributed by atoms with Crippen LogP contribution >= 0.6 is 0 Å². The summed E-state index contributed by atoms with van der Waals surface area (Å²) in [6.45, 7) is 4.54. The Morgan fingerprint density at radius 3 is 0.929 bits per heavy atom. The van der Waals surface area contributed by atoms with Gasteiger partial charge < -0.3 is 5.48 Å². The largest absolute Gasteiger partial charge is 0.870 e. The Morgan fingerprint density at radius 1 is 0.405 bits per heavy atom. The second-order valence-corrected chi connectivity index (χ2v) is 12.9. The molecular weight excluding hydrogens is 518 g/mol. The molecule has 0 bridgehead atoms. The molecule has 0 unspecified atom stereocenters. The molecule has 0 aliphatic rings. The predicted molar refractivity (Wildman–Crippen MR) is 183 cm³/mol. The van der Waals surface area contributed by atoms with E-state index in [-0.39, 0.29) is 21.8 Å². The third kappa shape index (κ3) is 27.6. The van der Waals surface area contributed by atoms with Crippen LogP contribution in [0.1, 0.15) is 194 Å². The first-order valence-corrected chi connectivity index (χ1v) is 18.2. The summed E-state index contributed by atoms with van der Waals surface area (Å²) in [5.74, 6) is 0.167. The summed E-state index contributed by atoms with van der Waals surface area (Å²) >= 11 is 0. The van der Waals surface area contributed by atoms with Crippen LogP contribution in [0.15, 0.2) is 24.3 Å². The lowest BCUT2D eigenvalue weighted by Gasteiger charge is -2.24. The van der Waals surface area contributed by atoms with Crippen molar-refractivity contribution in [1.82, 2.24) is 0 Å². The lowest BCUT2D eigenvalue weighted by Crippen LogP contribution is -2.50. The predicted octanol–water partition coefficient (Wildman–Crippen LogP) is 12.0. The lowest BCUT2D eigenvalue weighted by atomic mass is 10.1. The maximum Gasteiger partial charge on any atom is 0.320 e. The summed E-state index contributed by atoms with van der Waals surface area (Å²) in [5.41, 5.74) is 0. The van der Waals surface area contributed by atoms with E-state index in [0.717, 1.165) is 25.7 Å². The number of carbonyl (C=O) groups excluding carboxylic acids is 2. The molecule has 0 aromatic rings. The Hall–Kier alpha value is -1.26. The second-order valence-electron chi connectivity index (χ2n) is 12.9. The Bertz CT molecular complexity index is 599. The molecule has 2 amide bonds. The standard InChI is InChI=1S/C38H72NO2.H2O/c1-5-7-9-11-13-15-17-19-21-23-25-27-29-31-33-35-37(40)39(3,4)38(41)36-34-32-30-28-26-24-22-20-18-16-14-12-10-8-6-2;/h19-22H,5-18,23-36H2,1-4H3;1H2/q+1;/p-1. The van der Waals surface area contributed by atoms with Gasteiger partial charge in [-0.25, -0.2) is 14.1 Å². The van der Waals surface area contributed by atoms with Gasteiger partial charge in [-0.15, -0.1) is 0 Å². The van der Waals surface area contributed by atoms with Gasteiger partial charge in [-0.1, -0.05) is 141 Å². The minimum Gasteiger partial charge on any atom is -0.870 e. The summed E-state index contributed by atoms with van der Waals surface area (Å²) in [4.78, 5) is 25.5. The van der Waals surface area contributed by atoms with Crippen molar-refractivity contribution in [2.75, 3.05) is 14.1 Å². The van der Waals surface area contributed by atoms with Gasteiger partial charge in [0.15, 0.2) is 0 Å². The molecule has 4 nitrogen and oxygen atoms in total. The number of nitrogens with zero attached hydrogens (tertiary/aromatic N) is 1. The first-order chi connectivity index (χ1) is 20.0. The van der Waals surface area contributed by atoms with Crippen molar-refractivity contribution in [3.63, 3.8) is 0 Å². The van der Waals surface area contributed by atoms with Gasteiger partial charge in [0.25, 0.3) is 0 Å². The second kappa shape index (κ2) is 32.6. The monoisotopic (exact) mass is 592 g/mol. The van der Waals surface area contributed by atoms with Crippen molar-refractivity contribution < 1.29 is 19.5 Å². The molecule has 0 saturated heterocycles. The highest BCUT2D eigenvalue weighted by atomic mass is 16.2. The number of amides is 2. The molecule has 1 N–H and O–H groups in total. The molecule has 0 aromatic carbocycles. The van der Waals surface area contributed by atoms with Crippen molar-refractivity contribution in [3.05, 3.63) is 24.3 Å². The third-order valence-electron chi connectivity index (χ3n) is 8.55. The number of hydrogen-bond acceptors (Lipinski definition) is 3. The summed E-state index contributed by atoms with van der Waals surface area (Å²) < 4.78 is -0.0766. The highest BCUT2D eigenvalue weighted by Crippen LogP contribution is 2.15. The van der Waals surface area contributed by atoms with Crippen LogP contribution in [0.5, 0.6) is 0 Å². The van der Waals surface area contributed by atoms with Crippen molar-refractivity contribution in [1.29, 1.82) is 0 Å². The summed E-state index contributed by atoms with van der Waals surface area (Å²) in [6.07, 6.45) is 43.1. The molecule has 0 heterocycles. The van der Waals surface area contributed by atoms with Gasteiger partial charge >= 0.3 is 11.8 Å². The van der Waals surface area contributed by atoms with E-state index in [4.69, 9.17) is 0 Å². The molecule has 0 radical (unpaired) electrons. The number of quaternary nitrogens is 1. The van der Waals surface area contributed by atoms with E-state index in [1.165, 1.54) is 141 Å².